The maximum absolute atomic E-state index is 11.5. The highest BCUT2D eigenvalue weighted by Gasteiger charge is 2.18. The average molecular weight is 228 g/mol. The first-order valence-corrected chi connectivity index (χ1v) is 6.13. The molecule has 2 N–H and O–H groups in total. The van der Waals surface area contributed by atoms with Crippen molar-refractivity contribution >= 4 is 5.91 Å². The van der Waals surface area contributed by atoms with Gasteiger partial charge in [0.05, 0.1) is 0 Å². The Labute approximate surface area is 98.0 Å². The molecule has 1 aliphatic rings. The number of hydrogen-bond acceptors (Lipinski definition) is 3. The predicted molar refractivity (Wildman–Crippen MR) is 64.2 cm³/mol. The van der Waals surface area contributed by atoms with Crippen molar-refractivity contribution in [3.05, 3.63) is 0 Å². The number of carbonyl (C=O) groups excluding carboxylic acids is 1. The minimum Gasteiger partial charge on any atom is -0.396 e. The Hall–Kier alpha value is -0.610. The van der Waals surface area contributed by atoms with Crippen LogP contribution in [0, 0.1) is 5.41 Å². The van der Waals surface area contributed by atoms with E-state index in [-0.39, 0.29) is 17.9 Å². The molecule has 1 fully saturated rings. The zero-order valence-corrected chi connectivity index (χ0v) is 10.5. The average Bonchev–Trinajstić information content (AvgIpc) is 2.76. The molecule has 0 aromatic rings. The lowest BCUT2D eigenvalue weighted by atomic mass is 9.95. The summed E-state index contributed by atoms with van der Waals surface area (Å²) in [6, 6.07) is 0. The number of likely N-dealkylation sites (tertiary alicyclic amines) is 1. The number of hydrogen-bond donors (Lipinski definition) is 2. The summed E-state index contributed by atoms with van der Waals surface area (Å²) >= 11 is 0. The minimum absolute atomic E-state index is 0.0911. The van der Waals surface area contributed by atoms with Crippen molar-refractivity contribution in [2.45, 2.75) is 33.1 Å². The molecular formula is C12H24N2O2. The number of amides is 1. The number of rotatable bonds is 6. The fourth-order valence-corrected chi connectivity index (χ4v) is 1.75. The minimum atomic E-state index is -0.219. The van der Waals surface area contributed by atoms with E-state index < -0.39 is 0 Å². The maximum Gasteiger partial charge on any atom is 0.221 e. The van der Waals surface area contributed by atoms with Gasteiger partial charge in [0, 0.05) is 31.5 Å². The molecular weight excluding hydrogens is 204 g/mol. The van der Waals surface area contributed by atoms with Gasteiger partial charge in [0.15, 0.2) is 0 Å². The third-order valence-corrected chi connectivity index (χ3v) is 3.05. The second kappa shape index (κ2) is 6.21. The third-order valence-electron chi connectivity index (χ3n) is 3.05. The van der Waals surface area contributed by atoms with Gasteiger partial charge in [0.1, 0.15) is 0 Å². The predicted octanol–water partition coefficient (Wildman–Crippen LogP) is 0.607. The van der Waals surface area contributed by atoms with Crippen LogP contribution in [0.4, 0.5) is 0 Å². The fraction of sp³-hybridized carbons (Fsp3) is 0.917. The molecule has 1 rings (SSSR count). The zero-order valence-electron chi connectivity index (χ0n) is 10.5. The van der Waals surface area contributed by atoms with E-state index in [1.807, 2.05) is 13.8 Å². The summed E-state index contributed by atoms with van der Waals surface area (Å²) in [6.45, 7) is 7.65. The van der Waals surface area contributed by atoms with Gasteiger partial charge in [0.25, 0.3) is 0 Å². The van der Waals surface area contributed by atoms with Gasteiger partial charge in [-0.1, -0.05) is 13.8 Å². The first-order chi connectivity index (χ1) is 7.53. The zero-order chi connectivity index (χ0) is 12.0. The third kappa shape index (κ3) is 4.94. The monoisotopic (exact) mass is 228 g/mol. The van der Waals surface area contributed by atoms with Crippen LogP contribution in [-0.4, -0.2) is 48.7 Å². The second-order valence-corrected chi connectivity index (χ2v) is 5.40. The first kappa shape index (κ1) is 13.5. The number of nitrogens with zero attached hydrogens (tertiary/aromatic N) is 1. The van der Waals surface area contributed by atoms with Gasteiger partial charge >= 0.3 is 0 Å². The molecule has 0 unspecified atom stereocenters. The Kier molecular flexibility index (Phi) is 5.22. The molecule has 0 saturated carbocycles. The lowest BCUT2D eigenvalue weighted by Gasteiger charge is -2.22. The number of carbonyl (C=O) groups is 1. The van der Waals surface area contributed by atoms with E-state index >= 15 is 0 Å². The van der Waals surface area contributed by atoms with Crippen molar-refractivity contribution in [2.75, 3.05) is 32.8 Å². The smallest absolute Gasteiger partial charge is 0.221 e. The number of aliphatic hydroxyl groups is 1. The number of aliphatic hydroxyl groups excluding tert-OH is 1. The Morgan fingerprint density at radius 2 is 2.00 bits per heavy atom. The van der Waals surface area contributed by atoms with Crippen molar-refractivity contribution in [3.8, 4) is 0 Å². The Morgan fingerprint density at radius 3 is 2.56 bits per heavy atom. The SMILES string of the molecule is CC(C)(CO)CNC(=O)CCN1CCCC1. The van der Waals surface area contributed by atoms with Crippen LogP contribution in [0.1, 0.15) is 33.1 Å². The van der Waals surface area contributed by atoms with Crippen molar-refractivity contribution < 1.29 is 9.90 Å². The normalized spacial score (nSPS) is 17.7. The van der Waals surface area contributed by atoms with Crippen molar-refractivity contribution in [3.63, 3.8) is 0 Å². The van der Waals surface area contributed by atoms with Crippen LogP contribution in [0.2, 0.25) is 0 Å². The molecule has 4 heteroatoms. The van der Waals surface area contributed by atoms with E-state index in [0.717, 1.165) is 19.6 Å². The topological polar surface area (TPSA) is 52.6 Å². The Balaban J connectivity index is 2.10. The summed E-state index contributed by atoms with van der Waals surface area (Å²) in [7, 11) is 0. The van der Waals surface area contributed by atoms with E-state index in [1.165, 1.54) is 12.8 Å². The molecule has 0 atom stereocenters. The van der Waals surface area contributed by atoms with E-state index in [4.69, 9.17) is 5.11 Å². The summed E-state index contributed by atoms with van der Waals surface area (Å²) in [4.78, 5) is 13.9. The Bertz CT molecular complexity index is 223. The van der Waals surface area contributed by atoms with E-state index in [2.05, 4.69) is 10.2 Å². The van der Waals surface area contributed by atoms with Gasteiger partial charge in [-0.3, -0.25) is 4.79 Å². The van der Waals surface area contributed by atoms with Crippen molar-refractivity contribution in [1.29, 1.82) is 0 Å². The van der Waals surface area contributed by atoms with Crippen molar-refractivity contribution in [2.24, 2.45) is 5.41 Å². The lowest BCUT2D eigenvalue weighted by Crippen LogP contribution is -2.37. The molecule has 1 heterocycles. The first-order valence-electron chi connectivity index (χ1n) is 6.13. The summed E-state index contributed by atoms with van der Waals surface area (Å²) in [6.07, 6.45) is 3.10. The van der Waals surface area contributed by atoms with E-state index in [1.54, 1.807) is 0 Å². The highest BCUT2D eigenvalue weighted by atomic mass is 16.3. The molecule has 1 aliphatic heterocycles. The maximum atomic E-state index is 11.5. The molecule has 16 heavy (non-hydrogen) atoms. The summed E-state index contributed by atoms with van der Waals surface area (Å²) in [5.74, 6) is 0.0911. The number of nitrogens with one attached hydrogen (secondary N) is 1. The van der Waals surface area contributed by atoms with E-state index in [0.29, 0.717) is 13.0 Å². The lowest BCUT2D eigenvalue weighted by molar-refractivity contribution is -0.121. The van der Waals surface area contributed by atoms with Gasteiger partial charge in [0.2, 0.25) is 5.91 Å². The molecule has 0 aromatic heterocycles. The molecule has 0 bridgehead atoms. The molecule has 94 valence electrons. The van der Waals surface area contributed by atoms with E-state index in [9.17, 15) is 4.79 Å². The molecule has 1 saturated heterocycles. The van der Waals surface area contributed by atoms with Crippen LogP contribution >= 0.6 is 0 Å². The van der Waals surface area contributed by atoms with Gasteiger partial charge in [-0.05, 0) is 25.9 Å². The molecule has 1 amide bonds. The molecule has 0 aromatic carbocycles. The molecule has 0 radical (unpaired) electrons. The summed E-state index contributed by atoms with van der Waals surface area (Å²) in [5, 5.41) is 11.9. The summed E-state index contributed by atoms with van der Waals surface area (Å²) < 4.78 is 0. The quantitative estimate of drug-likeness (QED) is 0.700. The van der Waals surface area contributed by atoms with Crippen LogP contribution in [0.25, 0.3) is 0 Å². The molecule has 0 spiro atoms. The molecule has 0 aliphatic carbocycles. The van der Waals surface area contributed by atoms with Crippen LogP contribution in [0.5, 0.6) is 0 Å². The second-order valence-electron chi connectivity index (χ2n) is 5.40. The van der Waals surface area contributed by atoms with Gasteiger partial charge < -0.3 is 15.3 Å². The fourth-order valence-electron chi connectivity index (χ4n) is 1.75. The standard InChI is InChI=1S/C12H24N2O2/c1-12(2,10-15)9-13-11(16)5-8-14-6-3-4-7-14/h15H,3-10H2,1-2H3,(H,13,16). The van der Waals surface area contributed by atoms with Gasteiger partial charge in [-0.15, -0.1) is 0 Å². The highest BCUT2D eigenvalue weighted by Crippen LogP contribution is 2.11. The molecule has 4 nitrogen and oxygen atoms in total. The highest BCUT2D eigenvalue weighted by molar-refractivity contribution is 5.76. The van der Waals surface area contributed by atoms with Crippen LogP contribution in [0.15, 0.2) is 0 Å². The van der Waals surface area contributed by atoms with Gasteiger partial charge in [-0.25, -0.2) is 0 Å². The summed E-state index contributed by atoms with van der Waals surface area (Å²) in [5.41, 5.74) is -0.219. The van der Waals surface area contributed by atoms with Crippen LogP contribution in [-0.2, 0) is 4.79 Å². The van der Waals surface area contributed by atoms with Crippen LogP contribution < -0.4 is 5.32 Å². The van der Waals surface area contributed by atoms with Gasteiger partial charge in [-0.2, -0.15) is 0 Å². The largest absolute Gasteiger partial charge is 0.396 e. The van der Waals surface area contributed by atoms with Crippen LogP contribution in [0.3, 0.4) is 0 Å². The van der Waals surface area contributed by atoms with Crippen molar-refractivity contribution in [1.82, 2.24) is 10.2 Å². The Morgan fingerprint density at radius 1 is 1.38 bits per heavy atom.